The second kappa shape index (κ2) is 7.63. The van der Waals surface area contributed by atoms with E-state index >= 15 is 0 Å². The second-order valence-electron chi connectivity index (χ2n) is 9.06. The van der Waals surface area contributed by atoms with Crippen molar-refractivity contribution in [2.75, 3.05) is 25.7 Å². The van der Waals surface area contributed by atoms with Crippen LogP contribution in [0.15, 0.2) is 72.8 Å². The van der Waals surface area contributed by atoms with Crippen molar-refractivity contribution in [3.8, 4) is 11.5 Å². The molecule has 1 N–H and O–H groups in total. The molecule has 1 saturated heterocycles. The van der Waals surface area contributed by atoms with Gasteiger partial charge in [-0.15, -0.1) is 0 Å². The van der Waals surface area contributed by atoms with E-state index in [9.17, 15) is 9.59 Å². The minimum absolute atomic E-state index is 0.169. The molecule has 0 spiro atoms. The minimum Gasteiger partial charge on any atom is -0.497 e. The number of H-pyrrole nitrogens is 1. The van der Waals surface area contributed by atoms with Crippen LogP contribution in [0, 0.1) is 0 Å². The number of fused-ring (bicyclic) bond motifs is 5. The Morgan fingerprint density at radius 2 is 1.63 bits per heavy atom. The van der Waals surface area contributed by atoms with Gasteiger partial charge in [0.05, 0.1) is 25.6 Å². The number of nitrogens with zero attached hydrogens (tertiary/aromatic N) is 2. The number of aromatic nitrogens is 1. The van der Waals surface area contributed by atoms with Crippen molar-refractivity contribution in [2.24, 2.45) is 0 Å². The van der Waals surface area contributed by atoms with Gasteiger partial charge in [-0.1, -0.05) is 36.4 Å². The van der Waals surface area contributed by atoms with Crippen LogP contribution in [0.1, 0.15) is 29.7 Å². The molecular weight excluding hydrogens is 442 g/mol. The zero-order valence-electron chi connectivity index (χ0n) is 19.7. The maximum absolute atomic E-state index is 14.0. The Labute approximate surface area is 202 Å². The van der Waals surface area contributed by atoms with Crippen LogP contribution in [0.2, 0.25) is 0 Å². The molecule has 3 aromatic carbocycles. The molecule has 6 rings (SSSR count). The van der Waals surface area contributed by atoms with E-state index in [1.165, 1.54) is 4.90 Å². The maximum Gasteiger partial charge on any atom is 0.332 e. The van der Waals surface area contributed by atoms with Crippen molar-refractivity contribution >= 4 is 28.5 Å². The van der Waals surface area contributed by atoms with Crippen molar-refractivity contribution in [1.29, 1.82) is 0 Å². The Bertz CT molecular complexity index is 1480. The summed E-state index contributed by atoms with van der Waals surface area (Å²) < 4.78 is 10.9. The van der Waals surface area contributed by atoms with Gasteiger partial charge in [0.2, 0.25) is 0 Å². The molecule has 35 heavy (non-hydrogen) atoms. The van der Waals surface area contributed by atoms with Crippen LogP contribution in [-0.2, 0) is 10.3 Å². The summed E-state index contributed by atoms with van der Waals surface area (Å²) in [7, 11) is 3.23. The van der Waals surface area contributed by atoms with Gasteiger partial charge in [-0.2, -0.15) is 0 Å². The molecule has 3 heterocycles. The van der Waals surface area contributed by atoms with Gasteiger partial charge in [0.25, 0.3) is 5.91 Å². The number of rotatable bonds is 4. The predicted molar refractivity (Wildman–Crippen MR) is 133 cm³/mol. The highest BCUT2D eigenvalue weighted by atomic mass is 16.5. The first-order valence-electron chi connectivity index (χ1n) is 11.5. The molecule has 3 amide bonds. The van der Waals surface area contributed by atoms with Crippen LogP contribution >= 0.6 is 0 Å². The molecule has 0 aliphatic carbocycles. The van der Waals surface area contributed by atoms with E-state index in [1.54, 1.807) is 43.4 Å². The van der Waals surface area contributed by atoms with Gasteiger partial charge in [-0.05, 0) is 48.9 Å². The Morgan fingerprint density at radius 3 is 2.37 bits per heavy atom. The highest BCUT2D eigenvalue weighted by Gasteiger charge is 2.60. The highest BCUT2D eigenvalue weighted by molar-refractivity contribution is 6.23. The van der Waals surface area contributed by atoms with Crippen molar-refractivity contribution in [2.45, 2.75) is 18.4 Å². The van der Waals surface area contributed by atoms with Gasteiger partial charge >= 0.3 is 6.03 Å². The van der Waals surface area contributed by atoms with Crippen LogP contribution in [-0.4, -0.2) is 42.6 Å². The topological polar surface area (TPSA) is 74.9 Å². The fourth-order valence-electron chi connectivity index (χ4n) is 5.59. The molecule has 4 aromatic rings. The van der Waals surface area contributed by atoms with Crippen molar-refractivity contribution < 1.29 is 19.1 Å². The van der Waals surface area contributed by atoms with E-state index < -0.39 is 5.54 Å². The van der Waals surface area contributed by atoms with E-state index in [4.69, 9.17) is 9.47 Å². The molecule has 1 unspecified atom stereocenters. The number of ether oxygens (including phenoxy) is 2. The van der Waals surface area contributed by atoms with E-state index in [0.717, 1.165) is 33.5 Å². The number of imide groups is 1. The van der Waals surface area contributed by atoms with E-state index in [-0.39, 0.29) is 17.9 Å². The highest BCUT2D eigenvalue weighted by Crippen LogP contribution is 2.51. The van der Waals surface area contributed by atoms with E-state index in [0.29, 0.717) is 18.0 Å². The molecule has 7 heteroatoms. The van der Waals surface area contributed by atoms with Crippen LogP contribution in [0.5, 0.6) is 11.5 Å². The molecule has 1 fully saturated rings. The largest absolute Gasteiger partial charge is 0.497 e. The summed E-state index contributed by atoms with van der Waals surface area (Å²) >= 11 is 0. The SMILES string of the molecule is COc1ccc(N2C(=O)N3CC(c4ccccc4OC)c4c([nH]c5ccccc45)[C@@]3(C)C2=O)cc1. The molecule has 2 atom stereocenters. The first-order valence-corrected chi connectivity index (χ1v) is 11.5. The average Bonchev–Trinajstić information content (AvgIpc) is 3.38. The zero-order chi connectivity index (χ0) is 24.3. The van der Waals surface area contributed by atoms with Crippen LogP contribution in [0.4, 0.5) is 10.5 Å². The lowest BCUT2D eigenvalue weighted by atomic mass is 9.78. The van der Waals surface area contributed by atoms with E-state index in [1.807, 2.05) is 49.4 Å². The third-order valence-corrected chi connectivity index (χ3v) is 7.37. The third kappa shape index (κ3) is 2.84. The number of urea groups is 1. The number of hydrogen-bond acceptors (Lipinski definition) is 4. The summed E-state index contributed by atoms with van der Waals surface area (Å²) in [5.41, 5.74) is 3.04. The molecular formula is C28H25N3O4. The number of carbonyl (C=O) groups is 2. The Kier molecular flexibility index (Phi) is 4.64. The number of methoxy groups -OCH3 is 2. The van der Waals surface area contributed by atoms with Crippen molar-refractivity contribution in [1.82, 2.24) is 9.88 Å². The van der Waals surface area contributed by atoms with Gasteiger partial charge in [-0.3, -0.25) is 4.79 Å². The van der Waals surface area contributed by atoms with Crippen LogP contribution in [0.25, 0.3) is 10.9 Å². The molecule has 0 saturated carbocycles. The smallest absolute Gasteiger partial charge is 0.332 e. The number of para-hydroxylation sites is 2. The lowest BCUT2D eigenvalue weighted by molar-refractivity contribution is -0.125. The number of benzene rings is 3. The van der Waals surface area contributed by atoms with Gasteiger partial charge in [-0.25, -0.2) is 9.69 Å². The molecule has 2 aliphatic heterocycles. The van der Waals surface area contributed by atoms with Crippen LogP contribution in [0.3, 0.4) is 0 Å². The zero-order valence-corrected chi connectivity index (χ0v) is 19.7. The summed E-state index contributed by atoms with van der Waals surface area (Å²) in [6.07, 6.45) is 0. The molecule has 176 valence electrons. The van der Waals surface area contributed by atoms with E-state index in [2.05, 4.69) is 11.1 Å². The number of anilines is 1. The third-order valence-electron chi connectivity index (χ3n) is 7.37. The van der Waals surface area contributed by atoms with Gasteiger partial charge in [0.1, 0.15) is 11.5 Å². The maximum atomic E-state index is 14.0. The normalized spacial score (nSPS) is 21.3. The van der Waals surface area contributed by atoms with Crippen molar-refractivity contribution in [3.05, 3.63) is 89.6 Å². The number of carbonyl (C=O) groups excluding carboxylic acids is 2. The molecule has 0 radical (unpaired) electrons. The Morgan fingerprint density at radius 1 is 0.914 bits per heavy atom. The summed E-state index contributed by atoms with van der Waals surface area (Å²) in [4.78, 5) is 34.3. The monoisotopic (exact) mass is 467 g/mol. The number of nitrogens with one attached hydrogen (secondary N) is 1. The van der Waals surface area contributed by atoms with Gasteiger partial charge < -0.3 is 19.4 Å². The standard InChI is InChI=1S/C28H25N3O4/c1-28-25-24(20-9-4-6-10-22(20)29-25)21(19-8-5-7-11-23(19)35-3)16-30(28)27(33)31(26(28)32)17-12-14-18(34-2)15-13-17/h4-15,21,29H,16H2,1-3H3/t21?,28-/m0/s1. The van der Waals surface area contributed by atoms with Crippen LogP contribution < -0.4 is 14.4 Å². The second-order valence-corrected chi connectivity index (χ2v) is 9.06. The van der Waals surface area contributed by atoms with Crippen molar-refractivity contribution in [3.63, 3.8) is 0 Å². The lowest BCUT2D eigenvalue weighted by Crippen LogP contribution is -2.50. The quantitative estimate of drug-likeness (QED) is 0.428. The number of hydrogen-bond donors (Lipinski definition) is 1. The summed E-state index contributed by atoms with van der Waals surface area (Å²) in [6, 6.07) is 22.5. The molecule has 1 aromatic heterocycles. The summed E-state index contributed by atoms with van der Waals surface area (Å²) in [5, 5.41) is 1.04. The Hall–Kier alpha value is -4.26. The predicted octanol–water partition coefficient (Wildman–Crippen LogP) is 5.01. The summed E-state index contributed by atoms with van der Waals surface area (Å²) in [6.45, 7) is 2.19. The fourth-order valence-corrected chi connectivity index (χ4v) is 5.59. The van der Waals surface area contributed by atoms with Gasteiger partial charge in [0, 0.05) is 28.9 Å². The lowest BCUT2D eigenvalue weighted by Gasteiger charge is -2.40. The molecule has 7 nitrogen and oxygen atoms in total. The fraction of sp³-hybridized carbons (Fsp3) is 0.214. The number of amides is 3. The minimum atomic E-state index is -1.16. The number of aromatic amines is 1. The average molecular weight is 468 g/mol. The first kappa shape index (κ1) is 21.3. The first-order chi connectivity index (χ1) is 17.0. The molecule has 2 aliphatic rings. The Balaban J connectivity index is 1.57. The summed E-state index contributed by atoms with van der Waals surface area (Å²) in [5.74, 6) is 0.963. The van der Waals surface area contributed by atoms with Gasteiger partial charge in [0.15, 0.2) is 5.54 Å². The molecule has 0 bridgehead atoms.